The van der Waals surface area contributed by atoms with Gasteiger partial charge in [-0.25, -0.2) is 4.98 Å². The zero-order valence-corrected chi connectivity index (χ0v) is 14.1. The average Bonchev–Trinajstić information content (AvgIpc) is 3.06. The molecule has 0 radical (unpaired) electrons. The molecule has 2 aliphatic rings. The van der Waals surface area contributed by atoms with Crippen molar-refractivity contribution < 1.29 is 4.79 Å². The first-order valence-corrected chi connectivity index (χ1v) is 8.82. The maximum Gasteiger partial charge on any atom is 0.241 e. The molecule has 1 aromatic carbocycles. The molecule has 0 aliphatic carbocycles. The number of carbonyl (C=O) groups excluding carboxylic acids is 1. The van der Waals surface area contributed by atoms with E-state index in [9.17, 15) is 4.79 Å². The summed E-state index contributed by atoms with van der Waals surface area (Å²) in [5.41, 5.74) is 2.21. The highest BCUT2D eigenvalue weighted by Crippen LogP contribution is 2.31. The van der Waals surface area contributed by atoms with Crippen LogP contribution in [-0.2, 0) is 11.2 Å². The molecule has 1 N–H and O–H groups in total. The molecule has 1 amide bonds. The summed E-state index contributed by atoms with van der Waals surface area (Å²) in [6, 6.07) is 8.49. The molecule has 1 saturated heterocycles. The maximum atomic E-state index is 12.8. The van der Waals surface area contributed by atoms with Crippen LogP contribution in [0, 0.1) is 5.92 Å². The van der Waals surface area contributed by atoms with E-state index in [1.807, 2.05) is 36.9 Å². The number of benzene rings is 1. The number of nitrogens with one attached hydrogen (secondary N) is 1. The summed E-state index contributed by atoms with van der Waals surface area (Å²) in [7, 11) is 0. The maximum absolute atomic E-state index is 12.8. The van der Waals surface area contributed by atoms with Crippen LogP contribution in [0.1, 0.15) is 31.4 Å². The molecule has 3 atom stereocenters. The number of aromatic nitrogens is 2. The third-order valence-corrected chi connectivity index (χ3v) is 5.56. The molecule has 0 bridgehead atoms. The molecule has 126 valence electrons. The number of piperidine rings is 1. The second-order valence-corrected chi connectivity index (χ2v) is 7.04. The number of hydrogen-bond acceptors (Lipinski definition) is 3. The predicted octanol–water partition coefficient (Wildman–Crippen LogP) is 2.72. The summed E-state index contributed by atoms with van der Waals surface area (Å²) < 4.78 is 2.19. The molecule has 5 heteroatoms. The first kappa shape index (κ1) is 15.4. The zero-order valence-electron chi connectivity index (χ0n) is 14.1. The minimum atomic E-state index is -0.0454. The van der Waals surface area contributed by atoms with E-state index in [0.29, 0.717) is 12.0 Å². The van der Waals surface area contributed by atoms with Crippen LogP contribution in [0.25, 0.3) is 0 Å². The lowest BCUT2D eigenvalue weighted by atomic mass is 9.91. The first-order valence-electron chi connectivity index (χ1n) is 8.82. The SMILES string of the molecule is C[C@@H]1CCN([C@H]2CCc3ccccc3NC2=O)C[C@@H]1n1ccnc1. The standard InChI is InChI=1S/C19H24N4O/c1-14-8-10-22(12-18(14)23-11-9-20-13-23)17-7-6-15-4-2-3-5-16(15)21-19(17)24/h2-5,9,11,13-14,17-18H,6-8,10,12H2,1H3,(H,21,24)/t14-,17+,18+/m1/s1. The number of fused-ring (bicyclic) bond motifs is 1. The molecule has 0 spiro atoms. The van der Waals surface area contributed by atoms with Crippen LogP contribution >= 0.6 is 0 Å². The van der Waals surface area contributed by atoms with Crippen molar-refractivity contribution in [3.63, 3.8) is 0 Å². The molecule has 0 saturated carbocycles. The lowest BCUT2D eigenvalue weighted by molar-refractivity contribution is -0.122. The van der Waals surface area contributed by atoms with E-state index in [2.05, 4.69) is 32.8 Å². The summed E-state index contributed by atoms with van der Waals surface area (Å²) in [4.78, 5) is 19.3. The fourth-order valence-electron chi connectivity index (χ4n) is 4.06. The average molecular weight is 324 g/mol. The van der Waals surface area contributed by atoms with Crippen LogP contribution in [0.2, 0.25) is 0 Å². The molecular formula is C19H24N4O. The summed E-state index contributed by atoms with van der Waals surface area (Å²) in [5, 5.41) is 3.13. The van der Waals surface area contributed by atoms with Gasteiger partial charge in [0, 0.05) is 30.7 Å². The van der Waals surface area contributed by atoms with Crippen LogP contribution in [0.4, 0.5) is 5.69 Å². The second kappa shape index (κ2) is 6.40. The number of amides is 1. The van der Waals surface area contributed by atoms with Crippen LogP contribution in [-0.4, -0.2) is 39.5 Å². The number of likely N-dealkylation sites (tertiary alicyclic amines) is 1. The highest BCUT2D eigenvalue weighted by atomic mass is 16.2. The summed E-state index contributed by atoms with van der Waals surface area (Å²) in [6.07, 6.45) is 8.71. The van der Waals surface area contributed by atoms with E-state index in [1.165, 1.54) is 5.56 Å². The van der Waals surface area contributed by atoms with E-state index in [-0.39, 0.29) is 11.9 Å². The van der Waals surface area contributed by atoms with Crippen LogP contribution in [0.5, 0.6) is 0 Å². The van der Waals surface area contributed by atoms with Crippen molar-refractivity contribution in [3.05, 3.63) is 48.5 Å². The second-order valence-electron chi connectivity index (χ2n) is 7.04. The Morgan fingerprint density at radius 2 is 2.12 bits per heavy atom. The van der Waals surface area contributed by atoms with E-state index in [4.69, 9.17) is 0 Å². The molecule has 2 aliphatic heterocycles. The lowest BCUT2D eigenvalue weighted by Crippen LogP contribution is -2.50. The van der Waals surface area contributed by atoms with Crippen molar-refractivity contribution in [3.8, 4) is 0 Å². The van der Waals surface area contributed by atoms with Crippen molar-refractivity contribution in [1.82, 2.24) is 14.5 Å². The van der Waals surface area contributed by atoms with Gasteiger partial charge in [0.15, 0.2) is 0 Å². The number of aryl methyl sites for hydroxylation is 1. The number of carbonyl (C=O) groups is 1. The highest BCUT2D eigenvalue weighted by Gasteiger charge is 2.35. The summed E-state index contributed by atoms with van der Waals surface area (Å²) >= 11 is 0. The predicted molar refractivity (Wildman–Crippen MR) is 93.8 cm³/mol. The van der Waals surface area contributed by atoms with Crippen molar-refractivity contribution in [2.45, 2.75) is 38.3 Å². The van der Waals surface area contributed by atoms with E-state index in [1.54, 1.807) is 0 Å². The lowest BCUT2D eigenvalue weighted by Gasteiger charge is -2.40. The quantitative estimate of drug-likeness (QED) is 0.924. The van der Waals surface area contributed by atoms with Gasteiger partial charge in [-0.1, -0.05) is 25.1 Å². The number of imidazole rings is 1. The Morgan fingerprint density at radius 1 is 1.25 bits per heavy atom. The van der Waals surface area contributed by atoms with E-state index >= 15 is 0 Å². The minimum Gasteiger partial charge on any atom is -0.333 e. The van der Waals surface area contributed by atoms with E-state index in [0.717, 1.165) is 38.0 Å². The van der Waals surface area contributed by atoms with Crippen molar-refractivity contribution >= 4 is 11.6 Å². The molecule has 24 heavy (non-hydrogen) atoms. The highest BCUT2D eigenvalue weighted by molar-refractivity contribution is 5.96. The van der Waals surface area contributed by atoms with Gasteiger partial charge in [-0.15, -0.1) is 0 Å². The van der Waals surface area contributed by atoms with Gasteiger partial charge < -0.3 is 9.88 Å². The minimum absolute atomic E-state index is 0.0454. The number of rotatable bonds is 2. The summed E-state index contributed by atoms with van der Waals surface area (Å²) in [6.45, 7) is 4.19. The van der Waals surface area contributed by atoms with Gasteiger partial charge in [-0.3, -0.25) is 9.69 Å². The number of nitrogens with zero attached hydrogens (tertiary/aromatic N) is 3. The van der Waals surface area contributed by atoms with Gasteiger partial charge in [0.2, 0.25) is 5.91 Å². The van der Waals surface area contributed by atoms with Gasteiger partial charge in [0.25, 0.3) is 0 Å². The van der Waals surface area contributed by atoms with E-state index < -0.39 is 0 Å². The number of para-hydroxylation sites is 1. The molecular weight excluding hydrogens is 300 g/mol. The van der Waals surface area contributed by atoms with Crippen LogP contribution < -0.4 is 5.32 Å². The molecule has 5 nitrogen and oxygen atoms in total. The Balaban J connectivity index is 1.52. The fourth-order valence-corrected chi connectivity index (χ4v) is 4.06. The van der Waals surface area contributed by atoms with Gasteiger partial charge >= 0.3 is 0 Å². The number of hydrogen-bond donors (Lipinski definition) is 1. The normalized spacial score (nSPS) is 28.0. The third-order valence-electron chi connectivity index (χ3n) is 5.56. The molecule has 0 unspecified atom stereocenters. The molecule has 1 aromatic heterocycles. The Bertz CT molecular complexity index is 712. The first-order chi connectivity index (χ1) is 11.7. The van der Waals surface area contributed by atoms with Crippen LogP contribution in [0.15, 0.2) is 43.0 Å². The molecule has 3 heterocycles. The Labute approximate surface area is 142 Å². The van der Waals surface area contributed by atoms with Crippen molar-refractivity contribution in [2.75, 3.05) is 18.4 Å². The van der Waals surface area contributed by atoms with Gasteiger partial charge in [-0.05, 0) is 43.4 Å². The van der Waals surface area contributed by atoms with Gasteiger partial charge in [0.1, 0.15) is 0 Å². The Hall–Kier alpha value is -2.14. The zero-order chi connectivity index (χ0) is 16.5. The summed E-state index contributed by atoms with van der Waals surface area (Å²) in [5.74, 6) is 0.736. The van der Waals surface area contributed by atoms with Crippen molar-refractivity contribution in [2.24, 2.45) is 5.92 Å². The molecule has 1 fully saturated rings. The third kappa shape index (κ3) is 2.84. The number of anilines is 1. The van der Waals surface area contributed by atoms with Crippen molar-refractivity contribution in [1.29, 1.82) is 0 Å². The largest absolute Gasteiger partial charge is 0.333 e. The molecule has 4 rings (SSSR count). The fraction of sp³-hybridized carbons (Fsp3) is 0.474. The van der Waals surface area contributed by atoms with Gasteiger partial charge in [0.05, 0.1) is 12.4 Å². The Kier molecular flexibility index (Phi) is 4.10. The smallest absolute Gasteiger partial charge is 0.241 e. The Morgan fingerprint density at radius 3 is 2.96 bits per heavy atom. The monoisotopic (exact) mass is 324 g/mol. The van der Waals surface area contributed by atoms with Gasteiger partial charge in [-0.2, -0.15) is 0 Å². The van der Waals surface area contributed by atoms with Crippen LogP contribution in [0.3, 0.4) is 0 Å². The topological polar surface area (TPSA) is 50.2 Å². The molecule has 2 aromatic rings.